The first-order chi connectivity index (χ1) is 8.58. The predicted octanol–water partition coefficient (Wildman–Crippen LogP) is 2.25. The van der Waals surface area contributed by atoms with Gasteiger partial charge < -0.3 is 11.1 Å². The molecule has 1 atom stereocenters. The smallest absolute Gasteiger partial charge is 0.257 e. The molecule has 0 radical (unpaired) electrons. The van der Waals surface area contributed by atoms with Gasteiger partial charge in [0.25, 0.3) is 5.91 Å². The van der Waals surface area contributed by atoms with Crippen LogP contribution >= 0.6 is 15.9 Å². The molecule has 2 aromatic rings. The molecule has 4 N–H and O–H groups in total. The Kier molecular flexibility index (Phi) is 3.66. The Morgan fingerprint density at radius 3 is 2.67 bits per heavy atom. The minimum Gasteiger partial charge on any atom is -0.383 e. The molecule has 0 fully saturated rings. The lowest BCUT2D eigenvalue weighted by atomic mass is 10.1. The standard InChI is InChI=1S/C12H13BrN4O/c1-7(8-2-4-9(13)5-3-8)16-12(18)10-6-15-17-11(10)14/h2-7H,1H3,(H,16,18)(H3,14,15,17). The number of nitrogens with one attached hydrogen (secondary N) is 2. The van der Waals surface area contributed by atoms with E-state index in [0.29, 0.717) is 5.56 Å². The summed E-state index contributed by atoms with van der Waals surface area (Å²) in [6.45, 7) is 1.91. The summed E-state index contributed by atoms with van der Waals surface area (Å²) >= 11 is 3.37. The molecular weight excluding hydrogens is 296 g/mol. The Balaban J connectivity index is 2.08. The summed E-state index contributed by atoms with van der Waals surface area (Å²) in [5.74, 6) is 0.0344. The highest BCUT2D eigenvalue weighted by atomic mass is 79.9. The SMILES string of the molecule is CC(NC(=O)c1cn[nH]c1N)c1ccc(Br)cc1. The molecule has 0 saturated heterocycles. The summed E-state index contributed by atoms with van der Waals surface area (Å²) < 4.78 is 1.00. The molecule has 2 rings (SSSR count). The van der Waals surface area contributed by atoms with E-state index in [1.54, 1.807) is 0 Å². The average molecular weight is 309 g/mol. The molecule has 1 amide bonds. The number of nitrogens with zero attached hydrogens (tertiary/aromatic N) is 1. The molecule has 0 saturated carbocycles. The monoisotopic (exact) mass is 308 g/mol. The van der Waals surface area contributed by atoms with Crippen LogP contribution < -0.4 is 11.1 Å². The van der Waals surface area contributed by atoms with Crippen LogP contribution in [0, 0.1) is 0 Å². The number of hydrogen-bond donors (Lipinski definition) is 3. The summed E-state index contributed by atoms with van der Waals surface area (Å²) in [6, 6.07) is 7.68. The Morgan fingerprint density at radius 1 is 1.44 bits per heavy atom. The third-order valence-corrected chi connectivity index (χ3v) is 3.16. The number of carbonyl (C=O) groups is 1. The van der Waals surface area contributed by atoms with Gasteiger partial charge in [0.2, 0.25) is 0 Å². The number of aromatic amines is 1. The van der Waals surface area contributed by atoms with Crippen LogP contribution in [0.3, 0.4) is 0 Å². The molecule has 94 valence electrons. The van der Waals surface area contributed by atoms with Gasteiger partial charge in [-0.25, -0.2) is 0 Å². The van der Waals surface area contributed by atoms with Crippen molar-refractivity contribution in [2.24, 2.45) is 0 Å². The van der Waals surface area contributed by atoms with Gasteiger partial charge >= 0.3 is 0 Å². The fraction of sp³-hybridized carbons (Fsp3) is 0.167. The summed E-state index contributed by atoms with van der Waals surface area (Å²) in [5.41, 5.74) is 6.97. The molecule has 0 bridgehead atoms. The van der Waals surface area contributed by atoms with Crippen molar-refractivity contribution in [3.63, 3.8) is 0 Å². The molecule has 18 heavy (non-hydrogen) atoms. The van der Waals surface area contributed by atoms with Crippen molar-refractivity contribution in [1.29, 1.82) is 0 Å². The average Bonchev–Trinajstić information content (AvgIpc) is 2.76. The summed E-state index contributed by atoms with van der Waals surface area (Å²) in [5, 5.41) is 9.11. The quantitative estimate of drug-likeness (QED) is 0.813. The second-order valence-electron chi connectivity index (χ2n) is 3.94. The largest absolute Gasteiger partial charge is 0.383 e. The Hall–Kier alpha value is -1.82. The van der Waals surface area contributed by atoms with E-state index in [2.05, 4.69) is 31.4 Å². The van der Waals surface area contributed by atoms with Crippen molar-refractivity contribution in [2.75, 3.05) is 5.73 Å². The van der Waals surface area contributed by atoms with E-state index >= 15 is 0 Å². The lowest BCUT2D eigenvalue weighted by molar-refractivity contribution is 0.0941. The van der Waals surface area contributed by atoms with E-state index in [0.717, 1.165) is 10.0 Å². The number of nitrogen functional groups attached to an aromatic ring is 1. The Bertz CT molecular complexity index is 549. The van der Waals surface area contributed by atoms with Crippen molar-refractivity contribution in [2.45, 2.75) is 13.0 Å². The van der Waals surface area contributed by atoms with Gasteiger partial charge in [-0.05, 0) is 24.6 Å². The molecule has 1 heterocycles. The highest BCUT2D eigenvalue weighted by molar-refractivity contribution is 9.10. The van der Waals surface area contributed by atoms with E-state index in [1.807, 2.05) is 31.2 Å². The van der Waals surface area contributed by atoms with Crippen LogP contribution in [0.25, 0.3) is 0 Å². The Labute approximate surface area is 113 Å². The molecule has 0 aliphatic carbocycles. The second-order valence-corrected chi connectivity index (χ2v) is 4.86. The second kappa shape index (κ2) is 5.22. The number of aromatic nitrogens is 2. The maximum atomic E-state index is 11.9. The lowest BCUT2D eigenvalue weighted by Gasteiger charge is -2.14. The van der Waals surface area contributed by atoms with Crippen LogP contribution in [0.5, 0.6) is 0 Å². The number of H-pyrrole nitrogens is 1. The zero-order valence-electron chi connectivity index (χ0n) is 9.77. The number of carbonyl (C=O) groups excluding carboxylic acids is 1. The van der Waals surface area contributed by atoms with E-state index in [4.69, 9.17) is 5.73 Å². The molecular formula is C12H13BrN4O. The normalized spacial score (nSPS) is 12.1. The van der Waals surface area contributed by atoms with Crippen LogP contribution in [0.2, 0.25) is 0 Å². The van der Waals surface area contributed by atoms with Crippen molar-refractivity contribution in [1.82, 2.24) is 15.5 Å². The number of amides is 1. The lowest BCUT2D eigenvalue weighted by Crippen LogP contribution is -2.26. The van der Waals surface area contributed by atoms with Gasteiger partial charge in [-0.2, -0.15) is 5.10 Å². The van der Waals surface area contributed by atoms with Gasteiger partial charge in [0, 0.05) is 4.47 Å². The third kappa shape index (κ3) is 2.70. The van der Waals surface area contributed by atoms with Crippen molar-refractivity contribution in [3.8, 4) is 0 Å². The van der Waals surface area contributed by atoms with Gasteiger partial charge in [-0.15, -0.1) is 0 Å². The third-order valence-electron chi connectivity index (χ3n) is 2.63. The van der Waals surface area contributed by atoms with Crippen LogP contribution in [-0.2, 0) is 0 Å². The van der Waals surface area contributed by atoms with E-state index < -0.39 is 0 Å². The van der Waals surface area contributed by atoms with Gasteiger partial charge in [-0.1, -0.05) is 28.1 Å². The minimum atomic E-state index is -0.239. The van der Waals surface area contributed by atoms with Crippen LogP contribution in [0.15, 0.2) is 34.9 Å². The molecule has 1 unspecified atom stereocenters. The highest BCUT2D eigenvalue weighted by Crippen LogP contribution is 2.17. The highest BCUT2D eigenvalue weighted by Gasteiger charge is 2.14. The summed E-state index contributed by atoms with van der Waals surface area (Å²) in [6.07, 6.45) is 1.42. The zero-order chi connectivity index (χ0) is 13.1. The number of halogens is 1. The van der Waals surface area contributed by atoms with Crippen molar-refractivity contribution in [3.05, 3.63) is 46.1 Å². The fourth-order valence-electron chi connectivity index (χ4n) is 1.59. The first-order valence-corrected chi connectivity index (χ1v) is 6.22. The minimum absolute atomic E-state index is 0.0973. The molecule has 1 aromatic heterocycles. The maximum absolute atomic E-state index is 11.9. The first kappa shape index (κ1) is 12.6. The predicted molar refractivity (Wildman–Crippen MR) is 73.0 cm³/mol. The number of nitrogens with two attached hydrogens (primary N) is 1. The number of rotatable bonds is 3. The van der Waals surface area contributed by atoms with E-state index in [1.165, 1.54) is 6.20 Å². The summed E-state index contributed by atoms with van der Waals surface area (Å²) in [7, 11) is 0. The summed E-state index contributed by atoms with van der Waals surface area (Å²) in [4.78, 5) is 11.9. The molecule has 6 heteroatoms. The molecule has 1 aromatic carbocycles. The zero-order valence-corrected chi connectivity index (χ0v) is 11.4. The topological polar surface area (TPSA) is 83.8 Å². The molecule has 5 nitrogen and oxygen atoms in total. The maximum Gasteiger partial charge on any atom is 0.257 e. The molecule has 0 aliphatic heterocycles. The van der Waals surface area contributed by atoms with Crippen LogP contribution in [0.4, 0.5) is 5.82 Å². The van der Waals surface area contributed by atoms with Gasteiger partial charge in [-0.3, -0.25) is 9.89 Å². The van der Waals surface area contributed by atoms with Gasteiger partial charge in [0.15, 0.2) is 0 Å². The number of hydrogen-bond acceptors (Lipinski definition) is 3. The van der Waals surface area contributed by atoms with Crippen molar-refractivity contribution < 1.29 is 4.79 Å². The van der Waals surface area contributed by atoms with Gasteiger partial charge in [0.05, 0.1) is 12.2 Å². The van der Waals surface area contributed by atoms with Crippen molar-refractivity contribution >= 4 is 27.7 Å². The fourth-order valence-corrected chi connectivity index (χ4v) is 1.85. The number of anilines is 1. The Morgan fingerprint density at radius 2 is 2.11 bits per heavy atom. The van der Waals surface area contributed by atoms with Crippen LogP contribution in [-0.4, -0.2) is 16.1 Å². The molecule has 0 aliphatic rings. The van der Waals surface area contributed by atoms with E-state index in [9.17, 15) is 4.79 Å². The first-order valence-electron chi connectivity index (χ1n) is 5.43. The van der Waals surface area contributed by atoms with E-state index in [-0.39, 0.29) is 17.8 Å². The number of benzene rings is 1. The van der Waals surface area contributed by atoms with Gasteiger partial charge in [0.1, 0.15) is 11.4 Å². The molecule has 0 spiro atoms. The van der Waals surface area contributed by atoms with Crippen LogP contribution in [0.1, 0.15) is 28.9 Å².